The minimum atomic E-state index is -0.229. The fraction of sp³-hybridized carbons (Fsp3) is 0.294. The molecule has 1 unspecified atom stereocenters. The Hall–Kier alpha value is -2.07. The third kappa shape index (κ3) is 3.00. The number of hydrogen-bond donors (Lipinski definition) is 1. The highest BCUT2D eigenvalue weighted by Crippen LogP contribution is 2.33. The molecule has 110 valence electrons. The maximum Gasteiger partial charge on any atom is 0.161 e. The second kappa shape index (κ2) is 6.14. The van der Waals surface area contributed by atoms with E-state index >= 15 is 0 Å². The van der Waals surface area contributed by atoms with E-state index in [1.165, 1.54) is 12.1 Å². The number of nitrogens with one attached hydrogen (secondary N) is 1. The molecule has 0 aromatic heterocycles. The minimum absolute atomic E-state index is 0.0113. The highest BCUT2D eigenvalue weighted by Gasteiger charge is 2.16. The predicted octanol–water partition coefficient (Wildman–Crippen LogP) is 3.30. The van der Waals surface area contributed by atoms with Crippen molar-refractivity contribution in [1.29, 1.82) is 0 Å². The van der Waals surface area contributed by atoms with E-state index in [-0.39, 0.29) is 11.9 Å². The van der Waals surface area contributed by atoms with Crippen molar-refractivity contribution < 1.29 is 13.9 Å². The van der Waals surface area contributed by atoms with Gasteiger partial charge in [-0.3, -0.25) is 0 Å². The summed E-state index contributed by atoms with van der Waals surface area (Å²) in [5.41, 5.74) is 2.07. The topological polar surface area (TPSA) is 30.5 Å². The van der Waals surface area contributed by atoms with Crippen LogP contribution in [0.15, 0.2) is 42.5 Å². The lowest BCUT2D eigenvalue weighted by atomic mass is 9.98. The number of ether oxygens (including phenoxy) is 2. The third-order valence-electron chi connectivity index (χ3n) is 3.60. The zero-order valence-corrected chi connectivity index (χ0v) is 11.9. The van der Waals surface area contributed by atoms with Crippen LogP contribution >= 0.6 is 0 Å². The summed E-state index contributed by atoms with van der Waals surface area (Å²) in [6.45, 7) is 1.34. The van der Waals surface area contributed by atoms with Crippen LogP contribution in [0, 0.1) is 5.82 Å². The third-order valence-corrected chi connectivity index (χ3v) is 3.60. The van der Waals surface area contributed by atoms with Crippen molar-refractivity contribution >= 4 is 0 Å². The van der Waals surface area contributed by atoms with Gasteiger partial charge in [0.15, 0.2) is 11.5 Å². The molecule has 0 bridgehead atoms. The number of rotatable bonds is 3. The van der Waals surface area contributed by atoms with Crippen LogP contribution in [0.4, 0.5) is 4.39 Å². The fourth-order valence-electron chi connectivity index (χ4n) is 2.54. The summed E-state index contributed by atoms with van der Waals surface area (Å²) in [6, 6.07) is 12.5. The second-order valence-electron chi connectivity index (χ2n) is 5.03. The average Bonchev–Trinajstić information content (AvgIpc) is 2.75. The van der Waals surface area contributed by atoms with Gasteiger partial charge in [-0.25, -0.2) is 4.39 Å². The first-order valence-electron chi connectivity index (χ1n) is 7.10. The van der Waals surface area contributed by atoms with Gasteiger partial charge in [-0.2, -0.15) is 0 Å². The maximum atomic E-state index is 13.1. The number of fused-ring (bicyclic) bond motifs is 1. The molecule has 0 saturated carbocycles. The smallest absolute Gasteiger partial charge is 0.161 e. The largest absolute Gasteiger partial charge is 0.490 e. The molecule has 3 rings (SSSR count). The van der Waals surface area contributed by atoms with Crippen LogP contribution in [0.1, 0.15) is 23.6 Å². The summed E-state index contributed by atoms with van der Waals surface area (Å²) in [7, 11) is 1.89. The molecule has 1 aliphatic rings. The van der Waals surface area contributed by atoms with E-state index in [1.54, 1.807) is 12.1 Å². The lowest BCUT2D eigenvalue weighted by Crippen LogP contribution is -2.17. The summed E-state index contributed by atoms with van der Waals surface area (Å²) in [5, 5.41) is 3.26. The van der Waals surface area contributed by atoms with E-state index in [0.717, 1.165) is 29.0 Å². The first kappa shape index (κ1) is 13.9. The molecule has 1 atom stereocenters. The van der Waals surface area contributed by atoms with Crippen molar-refractivity contribution in [2.75, 3.05) is 20.3 Å². The summed E-state index contributed by atoms with van der Waals surface area (Å²) in [5.74, 6) is 1.32. The van der Waals surface area contributed by atoms with Gasteiger partial charge >= 0.3 is 0 Å². The van der Waals surface area contributed by atoms with Gasteiger partial charge in [-0.05, 0) is 42.4 Å². The number of hydrogen-bond acceptors (Lipinski definition) is 3. The zero-order valence-electron chi connectivity index (χ0n) is 11.9. The van der Waals surface area contributed by atoms with Crippen LogP contribution in [-0.4, -0.2) is 20.3 Å². The van der Waals surface area contributed by atoms with Crippen molar-refractivity contribution in [2.24, 2.45) is 0 Å². The molecule has 4 heteroatoms. The van der Waals surface area contributed by atoms with Crippen LogP contribution in [0.3, 0.4) is 0 Å². The zero-order chi connectivity index (χ0) is 14.7. The summed E-state index contributed by atoms with van der Waals surface area (Å²) in [4.78, 5) is 0. The SMILES string of the molecule is CNC(c1ccc(F)cc1)c1ccc2c(c1)OCCCO2. The van der Waals surface area contributed by atoms with Crippen molar-refractivity contribution in [3.63, 3.8) is 0 Å². The molecular weight excluding hydrogens is 269 g/mol. The van der Waals surface area contributed by atoms with Crippen molar-refractivity contribution in [3.8, 4) is 11.5 Å². The van der Waals surface area contributed by atoms with Gasteiger partial charge in [0.2, 0.25) is 0 Å². The Balaban J connectivity index is 1.93. The van der Waals surface area contributed by atoms with Gasteiger partial charge in [0.1, 0.15) is 5.82 Å². The van der Waals surface area contributed by atoms with Crippen LogP contribution < -0.4 is 14.8 Å². The van der Waals surface area contributed by atoms with Gasteiger partial charge in [0.05, 0.1) is 19.3 Å². The fourth-order valence-corrected chi connectivity index (χ4v) is 2.54. The van der Waals surface area contributed by atoms with Gasteiger partial charge in [0.25, 0.3) is 0 Å². The van der Waals surface area contributed by atoms with E-state index in [9.17, 15) is 4.39 Å². The Bertz CT molecular complexity index is 613. The summed E-state index contributed by atoms with van der Waals surface area (Å²) >= 11 is 0. The predicted molar refractivity (Wildman–Crippen MR) is 79.4 cm³/mol. The van der Waals surface area contributed by atoms with Gasteiger partial charge in [-0.1, -0.05) is 18.2 Å². The molecule has 0 saturated heterocycles. The highest BCUT2D eigenvalue weighted by molar-refractivity contribution is 5.46. The van der Waals surface area contributed by atoms with E-state index in [0.29, 0.717) is 13.2 Å². The first-order valence-corrected chi connectivity index (χ1v) is 7.10. The molecule has 0 fully saturated rings. The van der Waals surface area contributed by atoms with Gasteiger partial charge in [0, 0.05) is 6.42 Å². The minimum Gasteiger partial charge on any atom is -0.490 e. The molecule has 3 nitrogen and oxygen atoms in total. The van der Waals surface area contributed by atoms with E-state index in [1.807, 2.05) is 25.2 Å². The van der Waals surface area contributed by atoms with Crippen molar-refractivity contribution in [2.45, 2.75) is 12.5 Å². The summed E-state index contributed by atoms with van der Waals surface area (Å²) in [6.07, 6.45) is 0.886. The van der Waals surface area contributed by atoms with Crippen LogP contribution in [-0.2, 0) is 0 Å². The Morgan fingerprint density at radius 2 is 1.62 bits per heavy atom. The van der Waals surface area contributed by atoms with Crippen LogP contribution in [0.25, 0.3) is 0 Å². The van der Waals surface area contributed by atoms with E-state index in [4.69, 9.17) is 9.47 Å². The van der Waals surface area contributed by atoms with E-state index in [2.05, 4.69) is 5.32 Å². The molecule has 1 N–H and O–H groups in total. The van der Waals surface area contributed by atoms with E-state index < -0.39 is 0 Å². The maximum absolute atomic E-state index is 13.1. The number of halogens is 1. The Kier molecular flexibility index (Phi) is 4.06. The lowest BCUT2D eigenvalue weighted by molar-refractivity contribution is 0.297. The molecular formula is C17H18FNO2. The van der Waals surface area contributed by atoms with Gasteiger partial charge in [-0.15, -0.1) is 0 Å². The quantitative estimate of drug-likeness (QED) is 0.939. The molecule has 2 aromatic carbocycles. The Morgan fingerprint density at radius 3 is 2.33 bits per heavy atom. The highest BCUT2D eigenvalue weighted by atomic mass is 19.1. The molecule has 0 radical (unpaired) electrons. The van der Waals surface area contributed by atoms with Crippen LogP contribution in [0.5, 0.6) is 11.5 Å². The molecule has 21 heavy (non-hydrogen) atoms. The Morgan fingerprint density at radius 1 is 0.952 bits per heavy atom. The molecule has 0 spiro atoms. The Labute approximate surface area is 123 Å². The monoisotopic (exact) mass is 287 g/mol. The molecule has 1 aliphatic heterocycles. The average molecular weight is 287 g/mol. The van der Waals surface area contributed by atoms with Crippen LogP contribution in [0.2, 0.25) is 0 Å². The summed E-state index contributed by atoms with van der Waals surface area (Å²) < 4.78 is 24.4. The molecule has 0 amide bonds. The molecule has 1 heterocycles. The van der Waals surface area contributed by atoms with Crippen molar-refractivity contribution in [1.82, 2.24) is 5.32 Å². The first-order chi connectivity index (χ1) is 10.3. The lowest BCUT2D eigenvalue weighted by Gasteiger charge is -2.19. The van der Waals surface area contributed by atoms with Crippen molar-refractivity contribution in [3.05, 3.63) is 59.4 Å². The second-order valence-corrected chi connectivity index (χ2v) is 5.03. The molecule has 0 aliphatic carbocycles. The normalized spacial score (nSPS) is 15.3. The number of benzene rings is 2. The van der Waals surface area contributed by atoms with Gasteiger partial charge < -0.3 is 14.8 Å². The molecule has 2 aromatic rings. The standard InChI is InChI=1S/C17H18FNO2/c1-19-17(12-3-6-14(18)7-4-12)13-5-8-15-16(11-13)21-10-2-9-20-15/h3-8,11,17,19H,2,9-10H2,1H3.